The highest BCUT2D eigenvalue weighted by molar-refractivity contribution is 5.71. The number of methoxy groups -OCH3 is 1. The molecule has 0 unspecified atom stereocenters. The fraction of sp³-hybridized carbons (Fsp3) is 0.441. The van der Waals surface area contributed by atoms with E-state index in [0.717, 1.165) is 66.7 Å². The quantitative estimate of drug-likeness (QED) is 0.236. The molecule has 3 aromatic carbocycles. The number of ether oxygens (including phenoxy) is 2. The lowest BCUT2D eigenvalue weighted by Crippen LogP contribution is -2.17. The number of benzene rings is 3. The Hall–Kier alpha value is -3.28. The standard InChI is InChI=1S/C34H37F3O3/c1-34(2)15-5-8-30(34)28-16-21(9-13-26(28)29-18-24(33(36)37)12-14-31(29)35)20-40-25-7-4-6-23(17-25)27(22-10-11-22)19-32(38)39-3/h4,6-7,9,12-14,16-18,22,27,30,33H,5,8,10-11,15,19-20H2,1-3H3/t27-,30+/m0/s1. The van der Waals surface area contributed by atoms with Gasteiger partial charge in [-0.2, -0.15) is 0 Å². The number of carbonyl (C=O) groups excluding carboxylic acids is 1. The molecule has 2 aliphatic rings. The summed E-state index contributed by atoms with van der Waals surface area (Å²) in [6.45, 7) is 4.76. The third kappa shape index (κ3) is 6.21. The first-order valence-corrected chi connectivity index (χ1v) is 14.2. The summed E-state index contributed by atoms with van der Waals surface area (Å²) >= 11 is 0. The van der Waals surface area contributed by atoms with Crippen LogP contribution in [0.25, 0.3) is 11.1 Å². The molecule has 2 saturated carbocycles. The summed E-state index contributed by atoms with van der Waals surface area (Å²) in [5, 5.41) is 0. The second kappa shape index (κ2) is 11.7. The first kappa shape index (κ1) is 28.3. The first-order valence-electron chi connectivity index (χ1n) is 14.2. The van der Waals surface area contributed by atoms with Crippen molar-refractivity contribution in [1.29, 1.82) is 0 Å². The molecule has 0 N–H and O–H groups in total. The molecule has 3 aromatic rings. The van der Waals surface area contributed by atoms with Gasteiger partial charge < -0.3 is 9.47 Å². The van der Waals surface area contributed by atoms with Gasteiger partial charge in [0.1, 0.15) is 18.2 Å². The van der Waals surface area contributed by atoms with Crippen LogP contribution in [0.2, 0.25) is 0 Å². The lowest BCUT2D eigenvalue weighted by atomic mass is 9.75. The molecule has 2 aliphatic carbocycles. The summed E-state index contributed by atoms with van der Waals surface area (Å²) < 4.78 is 53.1. The van der Waals surface area contributed by atoms with Crippen LogP contribution in [0.15, 0.2) is 60.7 Å². The van der Waals surface area contributed by atoms with Gasteiger partial charge in [0.05, 0.1) is 13.5 Å². The second-order valence-corrected chi connectivity index (χ2v) is 12.0. The van der Waals surface area contributed by atoms with Gasteiger partial charge in [-0.15, -0.1) is 0 Å². The van der Waals surface area contributed by atoms with Gasteiger partial charge in [0.2, 0.25) is 0 Å². The zero-order valence-corrected chi connectivity index (χ0v) is 23.4. The van der Waals surface area contributed by atoms with Crippen molar-refractivity contribution < 1.29 is 27.4 Å². The Morgan fingerprint density at radius 2 is 1.77 bits per heavy atom. The van der Waals surface area contributed by atoms with Gasteiger partial charge >= 0.3 is 5.97 Å². The van der Waals surface area contributed by atoms with Gasteiger partial charge in [-0.05, 0) is 95.4 Å². The summed E-state index contributed by atoms with van der Waals surface area (Å²) in [7, 11) is 1.42. The van der Waals surface area contributed by atoms with Crippen molar-refractivity contribution in [2.24, 2.45) is 11.3 Å². The minimum Gasteiger partial charge on any atom is -0.489 e. The summed E-state index contributed by atoms with van der Waals surface area (Å²) in [5.74, 6) is 0.794. The van der Waals surface area contributed by atoms with Crippen LogP contribution in [0.1, 0.15) is 92.9 Å². The van der Waals surface area contributed by atoms with Crippen LogP contribution in [0.5, 0.6) is 5.75 Å². The van der Waals surface area contributed by atoms with E-state index >= 15 is 4.39 Å². The van der Waals surface area contributed by atoms with Crippen LogP contribution >= 0.6 is 0 Å². The van der Waals surface area contributed by atoms with Crippen LogP contribution in [0.4, 0.5) is 13.2 Å². The Labute approximate surface area is 234 Å². The average molecular weight is 551 g/mol. The first-order chi connectivity index (χ1) is 19.2. The summed E-state index contributed by atoms with van der Waals surface area (Å²) in [6, 6.07) is 17.3. The molecule has 6 heteroatoms. The smallest absolute Gasteiger partial charge is 0.306 e. The lowest BCUT2D eigenvalue weighted by molar-refractivity contribution is -0.141. The van der Waals surface area contributed by atoms with Crippen LogP contribution in [-0.4, -0.2) is 13.1 Å². The highest BCUT2D eigenvalue weighted by Gasteiger charge is 2.37. The van der Waals surface area contributed by atoms with Gasteiger partial charge in [-0.3, -0.25) is 4.79 Å². The fourth-order valence-corrected chi connectivity index (χ4v) is 6.34. The van der Waals surface area contributed by atoms with E-state index in [9.17, 15) is 13.6 Å². The van der Waals surface area contributed by atoms with Crippen molar-refractivity contribution in [2.75, 3.05) is 7.11 Å². The lowest BCUT2D eigenvalue weighted by Gasteiger charge is -2.30. The molecule has 0 heterocycles. The third-order valence-corrected chi connectivity index (χ3v) is 8.78. The molecule has 40 heavy (non-hydrogen) atoms. The zero-order valence-electron chi connectivity index (χ0n) is 23.4. The van der Waals surface area contributed by atoms with Crippen LogP contribution in [0.3, 0.4) is 0 Å². The van der Waals surface area contributed by atoms with E-state index in [1.165, 1.54) is 13.2 Å². The van der Waals surface area contributed by atoms with E-state index in [1.807, 2.05) is 36.4 Å². The SMILES string of the molecule is COC(=O)C[C@H](c1cccc(OCc2ccc(-c3cc(C(F)F)ccc3F)c([C@H]3CCCC3(C)C)c2)c1)C1CC1. The Kier molecular flexibility index (Phi) is 8.25. The fourth-order valence-electron chi connectivity index (χ4n) is 6.34. The van der Waals surface area contributed by atoms with Crippen LogP contribution in [0, 0.1) is 17.2 Å². The number of rotatable bonds is 10. The predicted molar refractivity (Wildman–Crippen MR) is 150 cm³/mol. The number of hydrogen-bond donors (Lipinski definition) is 0. The minimum atomic E-state index is -2.67. The number of halogens is 3. The van der Waals surface area contributed by atoms with Crippen molar-refractivity contribution in [2.45, 2.75) is 77.2 Å². The molecule has 2 fully saturated rings. The van der Waals surface area contributed by atoms with Crippen molar-refractivity contribution in [3.05, 3.63) is 88.7 Å². The average Bonchev–Trinajstić information content (AvgIpc) is 3.72. The molecule has 2 atom stereocenters. The van der Waals surface area contributed by atoms with Gasteiger partial charge in [0.25, 0.3) is 6.43 Å². The van der Waals surface area contributed by atoms with Crippen LogP contribution < -0.4 is 4.74 Å². The molecule has 0 aromatic heterocycles. The zero-order chi connectivity index (χ0) is 28.4. The van der Waals surface area contributed by atoms with E-state index < -0.39 is 12.2 Å². The maximum atomic E-state index is 15.0. The Morgan fingerprint density at radius 3 is 2.45 bits per heavy atom. The largest absolute Gasteiger partial charge is 0.489 e. The van der Waals surface area contributed by atoms with E-state index in [4.69, 9.17) is 9.47 Å². The van der Waals surface area contributed by atoms with Crippen molar-refractivity contribution in [3.63, 3.8) is 0 Å². The molecule has 212 valence electrons. The molecule has 0 saturated heterocycles. The van der Waals surface area contributed by atoms with E-state index in [2.05, 4.69) is 19.9 Å². The topological polar surface area (TPSA) is 35.5 Å². The Balaban J connectivity index is 1.43. The third-order valence-electron chi connectivity index (χ3n) is 8.78. The van der Waals surface area contributed by atoms with E-state index in [0.29, 0.717) is 24.5 Å². The second-order valence-electron chi connectivity index (χ2n) is 12.0. The van der Waals surface area contributed by atoms with Gasteiger partial charge in [-0.25, -0.2) is 13.2 Å². The maximum absolute atomic E-state index is 15.0. The molecule has 5 rings (SSSR count). The molecule has 0 spiro atoms. The summed E-state index contributed by atoms with van der Waals surface area (Å²) in [5.41, 5.74) is 3.70. The maximum Gasteiger partial charge on any atom is 0.306 e. The Morgan fingerprint density at radius 1 is 0.975 bits per heavy atom. The monoisotopic (exact) mass is 550 g/mol. The molecule has 0 aliphatic heterocycles. The number of hydrogen-bond acceptors (Lipinski definition) is 3. The Bertz CT molecular complexity index is 1360. The van der Waals surface area contributed by atoms with Crippen molar-refractivity contribution in [1.82, 2.24) is 0 Å². The number of carbonyl (C=O) groups is 1. The highest BCUT2D eigenvalue weighted by Crippen LogP contribution is 2.51. The molecule has 0 radical (unpaired) electrons. The number of esters is 1. The predicted octanol–water partition coefficient (Wildman–Crippen LogP) is 9.36. The molecule has 0 amide bonds. The summed E-state index contributed by atoms with van der Waals surface area (Å²) in [4.78, 5) is 12.0. The molecular formula is C34H37F3O3. The van der Waals surface area contributed by atoms with Crippen molar-refractivity contribution >= 4 is 5.97 Å². The normalized spacial score (nSPS) is 19.0. The molecule has 3 nitrogen and oxygen atoms in total. The van der Waals surface area contributed by atoms with Crippen molar-refractivity contribution in [3.8, 4) is 16.9 Å². The molecular weight excluding hydrogens is 513 g/mol. The van der Waals surface area contributed by atoms with Gasteiger partial charge in [-0.1, -0.05) is 56.7 Å². The molecule has 0 bridgehead atoms. The highest BCUT2D eigenvalue weighted by atomic mass is 19.3. The van der Waals surface area contributed by atoms with E-state index in [1.54, 1.807) is 0 Å². The van der Waals surface area contributed by atoms with Gasteiger partial charge in [0.15, 0.2) is 0 Å². The van der Waals surface area contributed by atoms with Crippen LogP contribution in [-0.2, 0) is 16.1 Å². The summed E-state index contributed by atoms with van der Waals surface area (Å²) in [6.07, 6.45) is 3.00. The van der Waals surface area contributed by atoms with Gasteiger partial charge in [0, 0.05) is 11.1 Å². The number of alkyl halides is 2. The minimum absolute atomic E-state index is 0.0107. The van der Waals surface area contributed by atoms with E-state index in [-0.39, 0.29) is 34.3 Å².